The largest absolute Gasteiger partial charge is 0.480 e. The van der Waals surface area contributed by atoms with Crippen molar-refractivity contribution in [3.8, 4) is 0 Å². The molecule has 0 fully saturated rings. The minimum atomic E-state index is -3.73. The number of carbonyl (C=O) groups is 3. The van der Waals surface area contributed by atoms with Crippen molar-refractivity contribution in [2.45, 2.75) is 24.8 Å². The summed E-state index contributed by atoms with van der Waals surface area (Å²) < 4.78 is 26.4. The number of sulfonamides is 1. The summed E-state index contributed by atoms with van der Waals surface area (Å²) in [4.78, 5) is 36.0. The molecule has 0 radical (unpaired) electrons. The monoisotopic (exact) mass is 397 g/mol. The SMILES string of the molecule is C=CCNS(=O)(=O)c1ccc(C(=O)N(CCNC(C)=O)C(C)C(=O)O)cc1. The number of aliphatic carboxylic acids is 1. The fourth-order valence-electron chi connectivity index (χ4n) is 2.15. The first-order chi connectivity index (χ1) is 12.6. The number of hydrogen-bond donors (Lipinski definition) is 3. The fraction of sp³-hybridized carbons (Fsp3) is 0.353. The van der Waals surface area contributed by atoms with E-state index >= 15 is 0 Å². The number of carboxylic acids is 1. The summed E-state index contributed by atoms with van der Waals surface area (Å²) in [7, 11) is -3.73. The number of amides is 2. The van der Waals surface area contributed by atoms with Gasteiger partial charge in [0.1, 0.15) is 6.04 Å². The van der Waals surface area contributed by atoms with Crippen LogP contribution < -0.4 is 10.0 Å². The van der Waals surface area contributed by atoms with Gasteiger partial charge in [-0.3, -0.25) is 9.59 Å². The van der Waals surface area contributed by atoms with Crippen LogP contribution in [0.5, 0.6) is 0 Å². The Bertz CT molecular complexity index is 804. The molecule has 0 bridgehead atoms. The van der Waals surface area contributed by atoms with Crippen LogP contribution in [0.25, 0.3) is 0 Å². The Morgan fingerprint density at radius 1 is 1.26 bits per heavy atom. The molecule has 0 heterocycles. The van der Waals surface area contributed by atoms with Crippen LogP contribution in [0.2, 0.25) is 0 Å². The zero-order valence-corrected chi connectivity index (χ0v) is 16.0. The second kappa shape index (κ2) is 9.83. The molecule has 27 heavy (non-hydrogen) atoms. The average Bonchev–Trinajstić information content (AvgIpc) is 2.62. The van der Waals surface area contributed by atoms with Crippen molar-refractivity contribution in [2.24, 2.45) is 0 Å². The van der Waals surface area contributed by atoms with E-state index in [1.54, 1.807) is 0 Å². The van der Waals surface area contributed by atoms with Gasteiger partial charge in [0.25, 0.3) is 5.91 Å². The molecule has 0 aromatic heterocycles. The molecule has 0 saturated carbocycles. The molecule has 1 aromatic carbocycles. The maximum absolute atomic E-state index is 12.7. The summed E-state index contributed by atoms with van der Waals surface area (Å²) in [5.41, 5.74) is 0.133. The van der Waals surface area contributed by atoms with Crippen molar-refractivity contribution in [3.05, 3.63) is 42.5 Å². The van der Waals surface area contributed by atoms with Crippen molar-refractivity contribution in [3.63, 3.8) is 0 Å². The molecule has 9 nitrogen and oxygen atoms in total. The second-order valence-corrected chi connectivity index (χ2v) is 7.43. The summed E-state index contributed by atoms with van der Waals surface area (Å²) >= 11 is 0. The van der Waals surface area contributed by atoms with Crippen LogP contribution in [0.15, 0.2) is 41.8 Å². The Labute approximate surface area is 158 Å². The van der Waals surface area contributed by atoms with E-state index in [0.29, 0.717) is 0 Å². The Balaban J connectivity index is 3.02. The van der Waals surface area contributed by atoms with E-state index in [-0.39, 0.29) is 36.0 Å². The third kappa shape index (κ3) is 6.50. The van der Waals surface area contributed by atoms with Gasteiger partial charge in [-0.05, 0) is 31.2 Å². The molecule has 0 aliphatic heterocycles. The molecule has 0 spiro atoms. The minimum Gasteiger partial charge on any atom is -0.480 e. The predicted octanol–water partition coefficient (Wildman–Crippen LogP) is 0.202. The predicted molar refractivity (Wildman–Crippen MR) is 98.6 cm³/mol. The van der Waals surface area contributed by atoms with Gasteiger partial charge < -0.3 is 15.3 Å². The fourth-order valence-corrected chi connectivity index (χ4v) is 3.15. The molecule has 1 unspecified atom stereocenters. The number of carboxylic acid groups (broad SMARTS) is 1. The molecule has 0 aliphatic rings. The summed E-state index contributed by atoms with van der Waals surface area (Å²) in [5, 5.41) is 11.7. The molecule has 1 aromatic rings. The maximum Gasteiger partial charge on any atom is 0.326 e. The molecular formula is C17H23N3O6S. The van der Waals surface area contributed by atoms with Gasteiger partial charge >= 0.3 is 5.97 Å². The summed E-state index contributed by atoms with van der Waals surface area (Å²) in [6.07, 6.45) is 1.40. The maximum atomic E-state index is 12.7. The third-order valence-corrected chi connectivity index (χ3v) is 5.08. The van der Waals surface area contributed by atoms with E-state index in [2.05, 4.69) is 16.6 Å². The highest BCUT2D eigenvalue weighted by Crippen LogP contribution is 2.14. The van der Waals surface area contributed by atoms with Crippen molar-refractivity contribution in [2.75, 3.05) is 19.6 Å². The standard InChI is InChI=1S/C17H23N3O6S/c1-4-9-19-27(25,26)15-7-5-14(6-8-15)16(22)20(12(2)17(23)24)11-10-18-13(3)21/h4-8,12,19H,1,9-11H2,2-3H3,(H,18,21)(H,23,24). The van der Waals surface area contributed by atoms with Crippen LogP contribution in [0.1, 0.15) is 24.2 Å². The summed E-state index contributed by atoms with van der Waals surface area (Å²) in [5.74, 6) is -2.08. The van der Waals surface area contributed by atoms with Crippen molar-refractivity contribution in [1.82, 2.24) is 14.9 Å². The zero-order valence-electron chi connectivity index (χ0n) is 15.1. The molecule has 0 saturated heterocycles. The Hall–Kier alpha value is -2.72. The van der Waals surface area contributed by atoms with Crippen molar-refractivity contribution in [1.29, 1.82) is 0 Å². The topological polar surface area (TPSA) is 133 Å². The number of nitrogens with zero attached hydrogens (tertiary/aromatic N) is 1. The van der Waals surface area contributed by atoms with Crippen LogP contribution in [0.4, 0.5) is 0 Å². The van der Waals surface area contributed by atoms with Gasteiger partial charge in [0.05, 0.1) is 4.90 Å². The molecule has 2 amide bonds. The summed E-state index contributed by atoms with van der Waals surface area (Å²) in [6, 6.07) is 4.02. The molecule has 148 valence electrons. The first kappa shape index (κ1) is 22.3. The number of carbonyl (C=O) groups excluding carboxylic acids is 2. The number of hydrogen-bond acceptors (Lipinski definition) is 5. The van der Waals surface area contributed by atoms with Crippen LogP contribution in [0.3, 0.4) is 0 Å². The Morgan fingerprint density at radius 3 is 2.33 bits per heavy atom. The van der Waals surface area contributed by atoms with E-state index in [4.69, 9.17) is 0 Å². The number of nitrogens with one attached hydrogen (secondary N) is 2. The highest BCUT2D eigenvalue weighted by molar-refractivity contribution is 7.89. The molecule has 3 N–H and O–H groups in total. The minimum absolute atomic E-state index is 0.00712. The lowest BCUT2D eigenvalue weighted by atomic mass is 10.1. The lowest BCUT2D eigenvalue weighted by Gasteiger charge is -2.26. The van der Waals surface area contributed by atoms with Crippen molar-refractivity contribution < 1.29 is 27.9 Å². The quantitative estimate of drug-likeness (QED) is 0.483. The Morgan fingerprint density at radius 2 is 1.85 bits per heavy atom. The lowest BCUT2D eigenvalue weighted by molar-refractivity contribution is -0.141. The molecule has 10 heteroatoms. The van der Waals surface area contributed by atoms with E-state index in [0.717, 1.165) is 4.90 Å². The first-order valence-electron chi connectivity index (χ1n) is 8.09. The molecule has 0 aliphatic carbocycles. The van der Waals surface area contributed by atoms with Gasteiger partial charge in [-0.15, -0.1) is 6.58 Å². The highest BCUT2D eigenvalue weighted by Gasteiger charge is 2.26. The van der Waals surface area contributed by atoms with Gasteiger partial charge in [-0.1, -0.05) is 6.08 Å². The van der Waals surface area contributed by atoms with Gasteiger partial charge in [-0.2, -0.15) is 0 Å². The first-order valence-corrected chi connectivity index (χ1v) is 9.57. The summed E-state index contributed by atoms with van der Waals surface area (Å²) in [6.45, 7) is 6.25. The zero-order chi connectivity index (χ0) is 20.6. The van der Waals surface area contributed by atoms with E-state index in [1.165, 1.54) is 44.2 Å². The lowest BCUT2D eigenvalue weighted by Crippen LogP contribution is -2.46. The number of benzene rings is 1. The molecular weight excluding hydrogens is 374 g/mol. The third-order valence-electron chi connectivity index (χ3n) is 3.64. The van der Waals surface area contributed by atoms with Gasteiger partial charge in [0, 0.05) is 32.1 Å². The normalized spacial score (nSPS) is 12.1. The van der Waals surface area contributed by atoms with Crippen LogP contribution in [-0.2, 0) is 19.6 Å². The average molecular weight is 397 g/mol. The number of rotatable bonds is 10. The second-order valence-electron chi connectivity index (χ2n) is 5.66. The smallest absolute Gasteiger partial charge is 0.326 e. The van der Waals surface area contributed by atoms with Gasteiger partial charge in [0.15, 0.2) is 0 Å². The molecule has 1 rings (SSSR count). The van der Waals surface area contributed by atoms with Gasteiger partial charge in [-0.25, -0.2) is 17.9 Å². The van der Waals surface area contributed by atoms with E-state index in [9.17, 15) is 27.9 Å². The van der Waals surface area contributed by atoms with E-state index in [1.807, 2.05) is 0 Å². The van der Waals surface area contributed by atoms with Gasteiger partial charge in [0.2, 0.25) is 15.9 Å². The Kier molecular flexibility index (Phi) is 8.13. The van der Waals surface area contributed by atoms with Crippen LogP contribution in [-0.4, -0.2) is 61.9 Å². The molecule has 1 atom stereocenters. The van der Waals surface area contributed by atoms with Crippen LogP contribution >= 0.6 is 0 Å². The van der Waals surface area contributed by atoms with E-state index < -0.39 is 27.9 Å². The van der Waals surface area contributed by atoms with Crippen LogP contribution in [0, 0.1) is 0 Å². The highest BCUT2D eigenvalue weighted by atomic mass is 32.2. The van der Waals surface area contributed by atoms with Crippen molar-refractivity contribution >= 4 is 27.8 Å².